The summed E-state index contributed by atoms with van der Waals surface area (Å²) in [5.74, 6) is 0.0309. The van der Waals surface area contributed by atoms with Gasteiger partial charge in [-0.05, 0) is 32.0 Å². The maximum absolute atomic E-state index is 12.8. The lowest BCUT2D eigenvalue weighted by molar-refractivity contribution is -0.135. The smallest absolute Gasteiger partial charge is 0.247 e. The molecule has 116 valence electrons. The lowest BCUT2D eigenvalue weighted by Crippen LogP contribution is -2.51. The zero-order valence-electron chi connectivity index (χ0n) is 13.4. The predicted octanol–water partition coefficient (Wildman–Crippen LogP) is 1.80. The third kappa shape index (κ3) is 3.27. The van der Waals surface area contributed by atoms with Gasteiger partial charge in [0.2, 0.25) is 5.91 Å². The molecule has 1 aromatic carbocycles. The van der Waals surface area contributed by atoms with Gasteiger partial charge in [0.1, 0.15) is 5.54 Å². The molecule has 2 atom stereocenters. The van der Waals surface area contributed by atoms with Crippen molar-refractivity contribution < 1.29 is 4.79 Å². The van der Waals surface area contributed by atoms with Crippen LogP contribution in [-0.4, -0.2) is 47.9 Å². The first-order valence-corrected chi connectivity index (χ1v) is 7.88. The number of rotatable bonds is 5. The number of likely N-dealkylation sites (tertiary alicyclic amines) is 1. The van der Waals surface area contributed by atoms with Gasteiger partial charge in [0.25, 0.3) is 0 Å². The predicted molar refractivity (Wildman–Crippen MR) is 85.9 cm³/mol. The summed E-state index contributed by atoms with van der Waals surface area (Å²) in [5.41, 5.74) is 6.27. The fourth-order valence-electron chi connectivity index (χ4n) is 3.20. The standard InChI is InChI=1S/C17H27N3O/c1-4-19(5-2)15-11-12-20(13-15)16(21)17(3,18)14-9-7-6-8-10-14/h6-10,15H,4-5,11-13,18H2,1-3H3. The maximum Gasteiger partial charge on any atom is 0.247 e. The number of hydrogen-bond acceptors (Lipinski definition) is 3. The Morgan fingerprint density at radius 2 is 1.95 bits per heavy atom. The molecule has 0 radical (unpaired) electrons. The molecule has 4 heteroatoms. The number of carbonyl (C=O) groups excluding carboxylic acids is 1. The van der Waals surface area contributed by atoms with Gasteiger partial charge in [0.15, 0.2) is 0 Å². The summed E-state index contributed by atoms with van der Waals surface area (Å²) < 4.78 is 0. The van der Waals surface area contributed by atoms with Crippen LogP contribution < -0.4 is 5.73 Å². The highest BCUT2D eigenvalue weighted by molar-refractivity contribution is 5.87. The SMILES string of the molecule is CCN(CC)C1CCN(C(=O)C(C)(N)c2ccccc2)C1. The largest absolute Gasteiger partial charge is 0.339 e. The molecule has 21 heavy (non-hydrogen) atoms. The number of likely N-dealkylation sites (N-methyl/N-ethyl adjacent to an activating group) is 1. The second kappa shape index (κ2) is 6.58. The van der Waals surface area contributed by atoms with Crippen LogP contribution in [0.1, 0.15) is 32.8 Å². The maximum atomic E-state index is 12.8. The summed E-state index contributed by atoms with van der Waals surface area (Å²) in [6.45, 7) is 9.81. The molecule has 1 heterocycles. The van der Waals surface area contributed by atoms with Crippen molar-refractivity contribution in [2.75, 3.05) is 26.2 Å². The first-order valence-electron chi connectivity index (χ1n) is 7.88. The number of benzene rings is 1. The van der Waals surface area contributed by atoms with Crippen LogP contribution in [0.4, 0.5) is 0 Å². The highest BCUT2D eigenvalue weighted by Crippen LogP contribution is 2.24. The van der Waals surface area contributed by atoms with Gasteiger partial charge in [0, 0.05) is 19.1 Å². The van der Waals surface area contributed by atoms with Crippen LogP contribution >= 0.6 is 0 Å². The number of nitrogens with two attached hydrogens (primary N) is 1. The lowest BCUT2D eigenvalue weighted by atomic mass is 9.92. The van der Waals surface area contributed by atoms with Gasteiger partial charge in [-0.1, -0.05) is 44.2 Å². The van der Waals surface area contributed by atoms with Crippen LogP contribution in [0.15, 0.2) is 30.3 Å². The Bertz CT molecular complexity index is 468. The van der Waals surface area contributed by atoms with E-state index in [4.69, 9.17) is 5.73 Å². The molecule has 0 bridgehead atoms. The first kappa shape index (κ1) is 16.0. The van der Waals surface area contributed by atoms with Crippen molar-refractivity contribution in [2.24, 2.45) is 5.73 Å². The van der Waals surface area contributed by atoms with Gasteiger partial charge in [0.05, 0.1) is 0 Å². The van der Waals surface area contributed by atoms with E-state index < -0.39 is 5.54 Å². The number of hydrogen-bond donors (Lipinski definition) is 1. The molecule has 1 aliphatic heterocycles. The van der Waals surface area contributed by atoms with E-state index in [-0.39, 0.29) is 5.91 Å². The van der Waals surface area contributed by atoms with Gasteiger partial charge in [-0.3, -0.25) is 9.69 Å². The second-order valence-corrected chi connectivity index (χ2v) is 5.98. The topological polar surface area (TPSA) is 49.6 Å². The van der Waals surface area contributed by atoms with Crippen LogP contribution in [0.25, 0.3) is 0 Å². The molecule has 1 aromatic rings. The van der Waals surface area contributed by atoms with E-state index in [1.165, 1.54) is 0 Å². The van der Waals surface area contributed by atoms with Crippen molar-refractivity contribution in [3.8, 4) is 0 Å². The molecular weight excluding hydrogens is 262 g/mol. The fraction of sp³-hybridized carbons (Fsp3) is 0.588. The highest BCUT2D eigenvalue weighted by atomic mass is 16.2. The summed E-state index contributed by atoms with van der Waals surface area (Å²) in [4.78, 5) is 17.1. The number of carbonyl (C=O) groups is 1. The Kier molecular flexibility index (Phi) is 5.01. The Morgan fingerprint density at radius 1 is 1.33 bits per heavy atom. The average molecular weight is 289 g/mol. The van der Waals surface area contributed by atoms with Crippen molar-refractivity contribution in [2.45, 2.75) is 38.8 Å². The minimum Gasteiger partial charge on any atom is -0.339 e. The Balaban J connectivity index is 2.08. The second-order valence-electron chi connectivity index (χ2n) is 5.98. The average Bonchev–Trinajstić information content (AvgIpc) is 2.98. The molecule has 4 nitrogen and oxygen atoms in total. The van der Waals surface area contributed by atoms with Gasteiger partial charge in [-0.25, -0.2) is 0 Å². The molecule has 2 unspecified atom stereocenters. The molecule has 1 amide bonds. The van der Waals surface area contributed by atoms with Crippen LogP contribution in [0.2, 0.25) is 0 Å². The molecule has 2 rings (SSSR count). The van der Waals surface area contributed by atoms with E-state index in [1.807, 2.05) is 42.2 Å². The number of nitrogens with zero attached hydrogens (tertiary/aromatic N) is 2. The van der Waals surface area contributed by atoms with Gasteiger partial charge in [-0.15, -0.1) is 0 Å². The Labute approximate surface area is 127 Å². The quantitative estimate of drug-likeness (QED) is 0.899. The van der Waals surface area contributed by atoms with Crippen LogP contribution in [0, 0.1) is 0 Å². The van der Waals surface area contributed by atoms with E-state index in [2.05, 4.69) is 18.7 Å². The minimum atomic E-state index is -0.945. The third-order valence-electron chi connectivity index (χ3n) is 4.60. The summed E-state index contributed by atoms with van der Waals surface area (Å²) in [7, 11) is 0. The zero-order valence-corrected chi connectivity index (χ0v) is 13.4. The lowest BCUT2D eigenvalue weighted by Gasteiger charge is -2.31. The molecule has 1 saturated heterocycles. The normalized spacial score (nSPS) is 21.6. The van der Waals surface area contributed by atoms with Crippen LogP contribution in [-0.2, 0) is 10.3 Å². The molecule has 0 saturated carbocycles. The van der Waals surface area contributed by atoms with Gasteiger partial charge >= 0.3 is 0 Å². The van der Waals surface area contributed by atoms with Crippen molar-refractivity contribution in [3.05, 3.63) is 35.9 Å². The Hall–Kier alpha value is -1.39. The summed E-state index contributed by atoms with van der Waals surface area (Å²) >= 11 is 0. The van der Waals surface area contributed by atoms with Gasteiger partial charge < -0.3 is 10.6 Å². The molecule has 2 N–H and O–H groups in total. The van der Waals surface area contributed by atoms with Crippen molar-refractivity contribution in [1.82, 2.24) is 9.80 Å². The summed E-state index contributed by atoms with van der Waals surface area (Å²) in [5, 5.41) is 0. The van der Waals surface area contributed by atoms with E-state index in [9.17, 15) is 4.79 Å². The van der Waals surface area contributed by atoms with E-state index in [0.717, 1.165) is 38.2 Å². The number of amides is 1. The monoisotopic (exact) mass is 289 g/mol. The molecule has 0 aliphatic carbocycles. The fourth-order valence-corrected chi connectivity index (χ4v) is 3.20. The van der Waals surface area contributed by atoms with E-state index >= 15 is 0 Å². The van der Waals surface area contributed by atoms with E-state index in [1.54, 1.807) is 0 Å². The van der Waals surface area contributed by atoms with Crippen molar-refractivity contribution in [1.29, 1.82) is 0 Å². The van der Waals surface area contributed by atoms with Crippen molar-refractivity contribution >= 4 is 5.91 Å². The summed E-state index contributed by atoms with van der Waals surface area (Å²) in [6.07, 6.45) is 1.04. The van der Waals surface area contributed by atoms with E-state index in [0.29, 0.717) is 6.04 Å². The van der Waals surface area contributed by atoms with Gasteiger partial charge in [-0.2, -0.15) is 0 Å². The molecule has 0 aromatic heterocycles. The molecule has 1 fully saturated rings. The van der Waals surface area contributed by atoms with Crippen molar-refractivity contribution in [3.63, 3.8) is 0 Å². The minimum absolute atomic E-state index is 0.0309. The summed E-state index contributed by atoms with van der Waals surface area (Å²) in [6, 6.07) is 10.1. The van der Waals surface area contributed by atoms with Crippen LogP contribution in [0.3, 0.4) is 0 Å². The Morgan fingerprint density at radius 3 is 2.52 bits per heavy atom. The molecule has 1 aliphatic rings. The molecular formula is C17H27N3O. The van der Waals surface area contributed by atoms with Crippen LogP contribution in [0.5, 0.6) is 0 Å². The highest BCUT2D eigenvalue weighted by Gasteiger charge is 2.38. The molecule has 0 spiro atoms. The zero-order chi connectivity index (χ0) is 15.5. The first-order chi connectivity index (χ1) is 10.0. The third-order valence-corrected chi connectivity index (χ3v) is 4.60.